The Morgan fingerprint density at radius 2 is 0.887 bits per heavy atom. The maximum atomic E-state index is 13.2. The molecule has 71 heavy (non-hydrogen) atoms. The highest BCUT2D eigenvalue weighted by Crippen LogP contribution is 2.33. The number of hydrogen-bond acceptors (Lipinski definition) is 18. The van der Waals surface area contributed by atoms with Crippen molar-refractivity contribution in [2.24, 2.45) is 0 Å². The number of ether oxygens (including phenoxy) is 6. The first-order chi connectivity index (χ1) is 34.3. The third-order valence-corrected chi connectivity index (χ3v) is 14.1. The minimum atomic E-state index is -1.97. The van der Waals surface area contributed by atoms with Crippen LogP contribution in [0.5, 0.6) is 0 Å². The van der Waals surface area contributed by atoms with Crippen LogP contribution >= 0.6 is 0 Å². The summed E-state index contributed by atoms with van der Waals surface area (Å²) in [7, 11) is 0. The highest BCUT2D eigenvalue weighted by molar-refractivity contribution is 5.76. The van der Waals surface area contributed by atoms with Crippen LogP contribution in [0.4, 0.5) is 0 Å². The SMILES string of the molecule is CCCCCCCCCC/C=C\CCCCCCCCCCCC(=O)NC(COC1OC(CO)C(OC2OC(CO)C(OC3OC(CO)C(O)C(O)C3O)C(O)C2O)C(O)C1O)C(O)CCCCCCC. The Bertz CT molecular complexity index is 1360. The molecule has 418 valence electrons. The van der Waals surface area contributed by atoms with Gasteiger partial charge in [-0.05, 0) is 38.5 Å². The van der Waals surface area contributed by atoms with Gasteiger partial charge in [0.2, 0.25) is 5.91 Å². The fraction of sp³-hybridized carbons (Fsp3) is 0.942. The molecule has 3 aliphatic rings. The number of aliphatic hydroxyl groups is 11. The van der Waals surface area contributed by atoms with E-state index in [-0.39, 0.29) is 18.9 Å². The molecule has 3 aliphatic heterocycles. The lowest BCUT2D eigenvalue weighted by atomic mass is 9.96. The van der Waals surface area contributed by atoms with Gasteiger partial charge in [0.05, 0.1) is 38.6 Å². The third kappa shape index (κ3) is 22.7. The Hall–Kier alpha value is -1.47. The molecule has 0 aromatic rings. The number of unbranched alkanes of at least 4 members (excludes halogenated alkanes) is 21. The van der Waals surface area contributed by atoms with Crippen LogP contribution in [0.15, 0.2) is 12.2 Å². The predicted octanol–water partition coefficient (Wildman–Crippen LogP) is 3.04. The van der Waals surface area contributed by atoms with E-state index in [1.165, 1.54) is 89.9 Å². The van der Waals surface area contributed by atoms with Crippen molar-refractivity contribution < 1.29 is 89.4 Å². The molecule has 0 aromatic heterocycles. The second kappa shape index (κ2) is 37.3. The zero-order valence-corrected chi connectivity index (χ0v) is 43.0. The summed E-state index contributed by atoms with van der Waals surface area (Å²) >= 11 is 0. The number of amides is 1. The normalized spacial score (nSPS) is 32.3. The number of aliphatic hydroxyl groups excluding tert-OH is 11. The first kappa shape index (κ1) is 63.8. The number of rotatable bonds is 39. The highest BCUT2D eigenvalue weighted by Gasteiger charge is 2.53. The molecule has 0 aliphatic carbocycles. The molecule has 0 saturated carbocycles. The average Bonchev–Trinajstić information content (AvgIpc) is 3.36. The van der Waals surface area contributed by atoms with Gasteiger partial charge in [0.25, 0.3) is 0 Å². The van der Waals surface area contributed by atoms with Crippen molar-refractivity contribution in [3.63, 3.8) is 0 Å². The molecule has 0 aromatic carbocycles. The number of nitrogens with one attached hydrogen (secondary N) is 1. The summed E-state index contributed by atoms with van der Waals surface area (Å²) in [5.74, 6) is -0.252. The van der Waals surface area contributed by atoms with Gasteiger partial charge in [-0.25, -0.2) is 0 Å². The van der Waals surface area contributed by atoms with Crippen LogP contribution in [-0.4, -0.2) is 193 Å². The molecule has 17 atom stereocenters. The lowest BCUT2D eigenvalue weighted by molar-refractivity contribution is -0.379. The van der Waals surface area contributed by atoms with Gasteiger partial charge in [-0.15, -0.1) is 0 Å². The molecule has 0 radical (unpaired) electrons. The van der Waals surface area contributed by atoms with Crippen LogP contribution in [0, 0.1) is 0 Å². The second-order valence-corrected chi connectivity index (χ2v) is 20.0. The van der Waals surface area contributed by atoms with Crippen LogP contribution in [0.2, 0.25) is 0 Å². The van der Waals surface area contributed by atoms with E-state index in [1.807, 2.05) is 0 Å². The van der Waals surface area contributed by atoms with E-state index in [0.717, 1.165) is 57.8 Å². The Balaban J connectivity index is 1.43. The summed E-state index contributed by atoms with van der Waals surface area (Å²) < 4.78 is 34.1. The molecule has 17 unspecified atom stereocenters. The Kier molecular flexibility index (Phi) is 33.5. The molecular weight excluding hydrogens is 927 g/mol. The molecular formula is C52H97NO18. The van der Waals surface area contributed by atoms with Gasteiger partial charge in [0.15, 0.2) is 18.9 Å². The quantitative estimate of drug-likeness (QED) is 0.0311. The largest absolute Gasteiger partial charge is 0.394 e. The van der Waals surface area contributed by atoms with E-state index in [9.17, 15) is 61.0 Å². The molecule has 1 amide bonds. The Morgan fingerprint density at radius 3 is 1.37 bits per heavy atom. The smallest absolute Gasteiger partial charge is 0.220 e. The highest BCUT2D eigenvalue weighted by atomic mass is 16.8. The monoisotopic (exact) mass is 1020 g/mol. The van der Waals surface area contributed by atoms with Crippen molar-refractivity contribution in [3.8, 4) is 0 Å². The van der Waals surface area contributed by atoms with Crippen molar-refractivity contribution in [1.82, 2.24) is 5.32 Å². The van der Waals surface area contributed by atoms with Crippen LogP contribution in [0.3, 0.4) is 0 Å². The van der Waals surface area contributed by atoms with E-state index in [1.54, 1.807) is 0 Å². The topological polar surface area (TPSA) is 307 Å². The Morgan fingerprint density at radius 1 is 0.493 bits per heavy atom. The van der Waals surface area contributed by atoms with Gasteiger partial charge in [0.1, 0.15) is 73.2 Å². The van der Waals surface area contributed by atoms with Gasteiger partial charge >= 0.3 is 0 Å². The predicted molar refractivity (Wildman–Crippen MR) is 263 cm³/mol. The number of carbonyl (C=O) groups excluding carboxylic acids is 1. The van der Waals surface area contributed by atoms with E-state index >= 15 is 0 Å². The van der Waals surface area contributed by atoms with Crippen molar-refractivity contribution in [3.05, 3.63) is 12.2 Å². The van der Waals surface area contributed by atoms with Gasteiger partial charge < -0.3 is 89.9 Å². The molecule has 3 fully saturated rings. The minimum Gasteiger partial charge on any atom is -0.394 e. The first-order valence-electron chi connectivity index (χ1n) is 27.4. The van der Waals surface area contributed by atoms with Crippen LogP contribution in [0.25, 0.3) is 0 Å². The number of carbonyl (C=O) groups is 1. The molecule has 19 nitrogen and oxygen atoms in total. The van der Waals surface area contributed by atoms with Crippen LogP contribution in [0.1, 0.15) is 181 Å². The van der Waals surface area contributed by atoms with Gasteiger partial charge in [-0.1, -0.05) is 148 Å². The van der Waals surface area contributed by atoms with Crippen molar-refractivity contribution in [2.75, 3.05) is 26.4 Å². The van der Waals surface area contributed by atoms with Gasteiger partial charge in [0, 0.05) is 6.42 Å². The summed E-state index contributed by atoms with van der Waals surface area (Å²) in [5.41, 5.74) is 0. The molecule has 12 N–H and O–H groups in total. The summed E-state index contributed by atoms with van der Waals surface area (Å²) in [6.45, 7) is 1.67. The van der Waals surface area contributed by atoms with Crippen LogP contribution < -0.4 is 5.32 Å². The number of hydrogen-bond donors (Lipinski definition) is 12. The maximum absolute atomic E-state index is 13.2. The van der Waals surface area contributed by atoms with E-state index in [0.29, 0.717) is 12.8 Å². The summed E-state index contributed by atoms with van der Waals surface area (Å²) in [6.07, 6.45) is 6.71. The molecule has 3 heterocycles. The van der Waals surface area contributed by atoms with Gasteiger partial charge in [-0.2, -0.15) is 0 Å². The summed E-state index contributed by atoms with van der Waals surface area (Å²) in [5, 5.41) is 119. The summed E-state index contributed by atoms with van der Waals surface area (Å²) in [4.78, 5) is 13.2. The number of allylic oxidation sites excluding steroid dienone is 2. The molecule has 3 rings (SSSR count). The average molecular weight is 1020 g/mol. The standard InChI is InChI=1S/C52H97NO18/c1-3-5-7-9-10-11-12-13-14-15-16-17-18-19-20-21-22-23-24-26-28-30-40(58)53-35(36(57)29-27-25-8-6-4-2)34-66-50-46(64)43(61)48(38(32-55)68-50)71-52-47(65)44(62)49(39(33-56)69-52)70-51-45(63)42(60)41(59)37(31-54)67-51/h15-16,35-39,41-52,54-57,59-65H,3-14,17-34H2,1-2H3,(H,53,58)/b16-15-. The van der Waals surface area contributed by atoms with E-state index in [4.69, 9.17) is 28.4 Å². The third-order valence-electron chi connectivity index (χ3n) is 14.1. The first-order valence-corrected chi connectivity index (χ1v) is 27.4. The molecule has 0 bridgehead atoms. The lowest BCUT2D eigenvalue weighted by Gasteiger charge is -2.48. The van der Waals surface area contributed by atoms with E-state index in [2.05, 4.69) is 31.3 Å². The maximum Gasteiger partial charge on any atom is 0.220 e. The van der Waals surface area contributed by atoms with Gasteiger partial charge in [-0.3, -0.25) is 4.79 Å². The molecule has 19 heteroatoms. The fourth-order valence-electron chi connectivity index (χ4n) is 9.48. The van der Waals surface area contributed by atoms with Crippen molar-refractivity contribution >= 4 is 5.91 Å². The van der Waals surface area contributed by atoms with Crippen molar-refractivity contribution in [2.45, 2.75) is 285 Å². The molecule has 0 spiro atoms. The fourth-order valence-corrected chi connectivity index (χ4v) is 9.48. The zero-order chi connectivity index (χ0) is 52.0. The second-order valence-electron chi connectivity index (χ2n) is 20.0. The van der Waals surface area contributed by atoms with Crippen molar-refractivity contribution in [1.29, 1.82) is 0 Å². The zero-order valence-electron chi connectivity index (χ0n) is 43.0. The molecule has 3 saturated heterocycles. The van der Waals surface area contributed by atoms with Crippen LogP contribution in [-0.2, 0) is 33.2 Å². The minimum absolute atomic E-state index is 0.252. The Labute approximate surface area is 423 Å². The summed E-state index contributed by atoms with van der Waals surface area (Å²) in [6, 6.07) is -0.880. The van der Waals surface area contributed by atoms with E-state index < -0.39 is 124 Å². The lowest BCUT2D eigenvalue weighted by Crippen LogP contribution is -2.66.